The zero-order valence-corrected chi connectivity index (χ0v) is 15.4. The molecule has 1 aromatic heterocycles. The Morgan fingerprint density at radius 2 is 2.04 bits per heavy atom. The number of nitrogens with one attached hydrogen (secondary N) is 2. The Morgan fingerprint density at radius 1 is 1.23 bits per heavy atom. The van der Waals surface area contributed by atoms with E-state index in [4.69, 9.17) is 4.74 Å². The van der Waals surface area contributed by atoms with Crippen LogP contribution in [0.2, 0.25) is 0 Å². The van der Waals surface area contributed by atoms with Gasteiger partial charge in [-0.15, -0.1) is 0 Å². The number of hydrogen-bond donors (Lipinski definition) is 2. The summed E-state index contributed by atoms with van der Waals surface area (Å²) in [4.78, 5) is 29.2. The van der Waals surface area contributed by atoms with Crippen molar-refractivity contribution in [2.24, 2.45) is 0 Å². The number of ether oxygens (including phenoxy) is 1. The summed E-state index contributed by atoms with van der Waals surface area (Å²) in [5.74, 6) is 0.000123. The van der Waals surface area contributed by atoms with Crippen molar-refractivity contribution in [2.75, 3.05) is 33.3 Å². The molecule has 0 saturated carbocycles. The second kappa shape index (κ2) is 11.3. The second-order valence-electron chi connectivity index (χ2n) is 6.28. The number of piperidine rings is 1. The minimum Gasteiger partial charge on any atom is -0.473 e. The number of rotatable bonds is 9. The highest BCUT2D eigenvalue weighted by Crippen LogP contribution is 2.15. The van der Waals surface area contributed by atoms with Crippen LogP contribution in [0.1, 0.15) is 31.2 Å². The first-order chi connectivity index (χ1) is 12.7. The lowest BCUT2D eigenvalue weighted by atomic mass is 10.1. The van der Waals surface area contributed by atoms with Gasteiger partial charge in [0.1, 0.15) is 13.0 Å². The summed E-state index contributed by atoms with van der Waals surface area (Å²) in [5, 5.41) is 5.05. The van der Waals surface area contributed by atoms with E-state index in [1.807, 2.05) is 18.2 Å². The zero-order valence-electron chi connectivity index (χ0n) is 15.4. The van der Waals surface area contributed by atoms with Crippen molar-refractivity contribution in [1.82, 2.24) is 20.5 Å². The maximum Gasteiger partial charge on any atom is 0.229 e. The van der Waals surface area contributed by atoms with Crippen LogP contribution in [-0.2, 0) is 16.1 Å². The van der Waals surface area contributed by atoms with Crippen molar-refractivity contribution in [3.63, 3.8) is 0 Å². The lowest BCUT2D eigenvalue weighted by Crippen LogP contribution is -2.30. The van der Waals surface area contributed by atoms with Gasteiger partial charge in [0, 0.05) is 32.4 Å². The number of nitrogens with zero attached hydrogens (tertiary/aromatic N) is 2. The minimum atomic E-state index is -0.304. The Kier molecular flexibility index (Phi) is 8.62. The highest BCUT2D eigenvalue weighted by molar-refractivity contribution is 5.96. The largest absolute Gasteiger partial charge is 0.473 e. The molecule has 2 heterocycles. The molecule has 1 aromatic rings. The predicted octanol–water partition coefficient (Wildman–Crippen LogP) is 1.25. The Hall–Kier alpha value is -2.41. The molecule has 2 amide bonds. The topological polar surface area (TPSA) is 83.6 Å². The lowest BCUT2D eigenvalue weighted by Gasteiger charge is -2.26. The van der Waals surface area contributed by atoms with Gasteiger partial charge in [-0.2, -0.15) is 0 Å². The smallest absolute Gasteiger partial charge is 0.229 e. The lowest BCUT2D eigenvalue weighted by molar-refractivity contribution is -0.128. The quantitative estimate of drug-likeness (QED) is 0.512. The Balaban J connectivity index is 1.66. The van der Waals surface area contributed by atoms with Crippen molar-refractivity contribution in [2.45, 2.75) is 32.2 Å². The molecule has 0 bridgehead atoms. The van der Waals surface area contributed by atoms with Gasteiger partial charge in [0.05, 0.1) is 0 Å². The average Bonchev–Trinajstić information content (AvgIpc) is 2.65. The number of carbonyl (C=O) groups excluding carboxylic acids is 2. The molecule has 142 valence electrons. The summed E-state index contributed by atoms with van der Waals surface area (Å²) in [7, 11) is 1.50. The van der Waals surface area contributed by atoms with E-state index in [2.05, 4.69) is 20.5 Å². The van der Waals surface area contributed by atoms with Crippen molar-refractivity contribution in [3.05, 3.63) is 36.0 Å². The zero-order chi connectivity index (χ0) is 18.6. The van der Waals surface area contributed by atoms with Gasteiger partial charge in [-0.1, -0.05) is 12.5 Å². The molecule has 26 heavy (non-hydrogen) atoms. The van der Waals surface area contributed by atoms with Gasteiger partial charge in [-0.25, -0.2) is 4.98 Å². The van der Waals surface area contributed by atoms with Gasteiger partial charge in [-0.05, 0) is 43.6 Å². The first-order valence-electron chi connectivity index (χ1n) is 9.09. The summed E-state index contributed by atoms with van der Waals surface area (Å²) in [6.07, 6.45) is 9.11. The summed E-state index contributed by atoms with van der Waals surface area (Å²) < 4.78 is 5.63. The van der Waals surface area contributed by atoms with Crippen LogP contribution >= 0.6 is 0 Å². The Morgan fingerprint density at radius 3 is 2.81 bits per heavy atom. The summed E-state index contributed by atoms with van der Waals surface area (Å²) >= 11 is 0. The molecule has 0 unspecified atom stereocenters. The summed E-state index contributed by atoms with van der Waals surface area (Å²) in [6, 6.07) is 4.01. The fourth-order valence-electron chi connectivity index (χ4n) is 2.76. The van der Waals surface area contributed by atoms with Crippen LogP contribution in [0.5, 0.6) is 5.88 Å². The van der Waals surface area contributed by atoms with E-state index >= 15 is 0 Å². The molecule has 0 spiro atoms. The number of carbonyl (C=O) groups is 2. The van der Waals surface area contributed by atoms with Crippen LogP contribution in [0.15, 0.2) is 30.5 Å². The molecule has 1 fully saturated rings. The van der Waals surface area contributed by atoms with Crippen molar-refractivity contribution >= 4 is 11.8 Å². The SMILES string of the molecule is CNC(=O)CC(=O)NC/C=C\COc1cc(CN2CCCCC2)ccn1. The summed E-state index contributed by atoms with van der Waals surface area (Å²) in [5.41, 5.74) is 1.21. The first kappa shape index (κ1) is 19.9. The normalized spacial score (nSPS) is 15.0. The van der Waals surface area contributed by atoms with E-state index in [1.165, 1.54) is 31.9 Å². The average molecular weight is 360 g/mol. The van der Waals surface area contributed by atoms with E-state index in [0.29, 0.717) is 19.0 Å². The highest BCUT2D eigenvalue weighted by atomic mass is 16.5. The van der Waals surface area contributed by atoms with Gasteiger partial charge >= 0.3 is 0 Å². The molecule has 7 nitrogen and oxygen atoms in total. The van der Waals surface area contributed by atoms with Gasteiger partial charge in [0.2, 0.25) is 17.7 Å². The van der Waals surface area contributed by atoms with E-state index < -0.39 is 0 Å². The number of likely N-dealkylation sites (tertiary alicyclic amines) is 1. The number of hydrogen-bond acceptors (Lipinski definition) is 5. The van der Waals surface area contributed by atoms with E-state index in [9.17, 15) is 9.59 Å². The van der Waals surface area contributed by atoms with Crippen LogP contribution < -0.4 is 15.4 Å². The standard InChI is InChI=1S/C19H28N4O3/c1-20-17(24)14-18(25)21-8-3-6-12-26-19-13-16(7-9-22-19)15-23-10-4-2-5-11-23/h3,6-7,9,13H,2,4-5,8,10-12,14-15H2,1H3,(H,20,24)(H,21,25)/b6-3-. The fourth-order valence-corrected chi connectivity index (χ4v) is 2.76. The molecule has 0 aliphatic carbocycles. The van der Waals surface area contributed by atoms with Crippen LogP contribution in [-0.4, -0.2) is 55.0 Å². The van der Waals surface area contributed by atoms with Crippen LogP contribution in [0.4, 0.5) is 0 Å². The highest BCUT2D eigenvalue weighted by Gasteiger charge is 2.10. The van der Waals surface area contributed by atoms with E-state index in [0.717, 1.165) is 19.6 Å². The predicted molar refractivity (Wildman–Crippen MR) is 99.7 cm³/mol. The van der Waals surface area contributed by atoms with E-state index in [1.54, 1.807) is 12.3 Å². The van der Waals surface area contributed by atoms with Gasteiger partial charge in [-0.3, -0.25) is 14.5 Å². The molecule has 7 heteroatoms. The second-order valence-corrected chi connectivity index (χ2v) is 6.28. The van der Waals surface area contributed by atoms with Gasteiger partial charge < -0.3 is 15.4 Å². The monoisotopic (exact) mass is 360 g/mol. The number of amides is 2. The Bertz CT molecular complexity index is 613. The molecular formula is C19H28N4O3. The van der Waals surface area contributed by atoms with Crippen LogP contribution in [0.3, 0.4) is 0 Å². The molecular weight excluding hydrogens is 332 g/mol. The van der Waals surface area contributed by atoms with Gasteiger partial charge in [0.25, 0.3) is 0 Å². The number of aromatic nitrogens is 1. The third kappa shape index (κ3) is 7.65. The number of pyridine rings is 1. The molecule has 0 atom stereocenters. The van der Waals surface area contributed by atoms with Crippen LogP contribution in [0.25, 0.3) is 0 Å². The fraction of sp³-hybridized carbons (Fsp3) is 0.526. The molecule has 0 radical (unpaired) electrons. The van der Waals surface area contributed by atoms with Gasteiger partial charge in [0.15, 0.2) is 0 Å². The minimum absolute atomic E-state index is 0.158. The van der Waals surface area contributed by atoms with Crippen molar-refractivity contribution < 1.29 is 14.3 Å². The first-order valence-corrected chi connectivity index (χ1v) is 9.09. The van der Waals surface area contributed by atoms with Crippen LogP contribution in [0, 0.1) is 0 Å². The molecule has 1 saturated heterocycles. The third-order valence-corrected chi connectivity index (χ3v) is 4.17. The maximum absolute atomic E-state index is 11.4. The molecule has 1 aliphatic heterocycles. The van der Waals surface area contributed by atoms with Crippen molar-refractivity contribution in [1.29, 1.82) is 0 Å². The molecule has 0 aromatic carbocycles. The Labute approximate surface area is 154 Å². The van der Waals surface area contributed by atoms with Crippen molar-refractivity contribution in [3.8, 4) is 5.88 Å². The third-order valence-electron chi connectivity index (χ3n) is 4.17. The maximum atomic E-state index is 11.4. The molecule has 2 rings (SSSR count). The van der Waals surface area contributed by atoms with E-state index in [-0.39, 0.29) is 18.2 Å². The summed E-state index contributed by atoms with van der Waals surface area (Å²) in [6.45, 7) is 4.00. The molecule has 2 N–H and O–H groups in total. The molecule has 1 aliphatic rings.